The molecule has 10 nitrogen and oxygen atoms in total. The molecule has 3 rings (SSSR count). The summed E-state index contributed by atoms with van der Waals surface area (Å²) in [5.41, 5.74) is 0.958. The number of nitrogens with one attached hydrogen (secondary N) is 1. The van der Waals surface area contributed by atoms with Crippen molar-refractivity contribution < 1.29 is 8.42 Å². The molecule has 0 aliphatic carbocycles. The summed E-state index contributed by atoms with van der Waals surface area (Å²) in [5.74, 6) is -0.184. The molecule has 0 radical (unpaired) electrons. The van der Waals surface area contributed by atoms with Crippen molar-refractivity contribution in [2.45, 2.75) is 38.3 Å². The van der Waals surface area contributed by atoms with Crippen molar-refractivity contribution in [1.29, 1.82) is 5.26 Å². The van der Waals surface area contributed by atoms with E-state index in [1.165, 1.54) is 16.8 Å². The lowest BCUT2D eigenvalue weighted by Gasteiger charge is -2.19. The van der Waals surface area contributed by atoms with Gasteiger partial charge in [0.2, 0.25) is 5.28 Å². The fourth-order valence-corrected chi connectivity index (χ4v) is 3.74. The summed E-state index contributed by atoms with van der Waals surface area (Å²) in [4.78, 5) is 30.0. The second-order valence-corrected chi connectivity index (χ2v) is 9.67. The molecule has 1 atom stereocenters. The van der Waals surface area contributed by atoms with E-state index in [1.807, 2.05) is 13.8 Å². The van der Waals surface area contributed by atoms with Gasteiger partial charge in [-0.1, -0.05) is 13.8 Å². The summed E-state index contributed by atoms with van der Waals surface area (Å²) in [6.07, 6.45) is 2.35. The summed E-state index contributed by atoms with van der Waals surface area (Å²) in [6.45, 7) is 5.44. The largest absolute Gasteiger partial charge is 0.360 e. The highest BCUT2D eigenvalue weighted by molar-refractivity contribution is 7.90. The molecule has 3 aromatic rings. The Balaban J connectivity index is 2.08. The van der Waals surface area contributed by atoms with Crippen molar-refractivity contribution in [2.75, 3.05) is 11.6 Å². The Labute approximate surface area is 183 Å². The number of aromatic nitrogens is 5. The topological polar surface area (TPSA) is 144 Å². The Morgan fingerprint density at radius 2 is 1.97 bits per heavy atom. The molecule has 0 saturated heterocycles. The molecule has 0 spiro atoms. The van der Waals surface area contributed by atoms with E-state index < -0.39 is 21.4 Å². The lowest BCUT2D eigenvalue weighted by molar-refractivity contribution is 0.457. The van der Waals surface area contributed by atoms with Gasteiger partial charge in [-0.25, -0.2) is 18.4 Å². The number of fused-ring (bicyclic) bond motifs is 1. The van der Waals surface area contributed by atoms with Gasteiger partial charge in [0.05, 0.1) is 28.9 Å². The number of hydrogen-bond acceptors (Lipinski definition) is 9. The normalized spacial score (nSPS) is 12.7. The van der Waals surface area contributed by atoms with Crippen LogP contribution in [0.1, 0.15) is 31.3 Å². The van der Waals surface area contributed by atoms with Crippen LogP contribution in [-0.4, -0.2) is 39.2 Å². The monoisotopic (exact) mass is 461 g/mol. The number of sulfone groups is 1. The van der Waals surface area contributed by atoms with Crippen LogP contribution in [0.5, 0.6) is 0 Å². The molecule has 0 bridgehead atoms. The van der Waals surface area contributed by atoms with Gasteiger partial charge in [0.15, 0.2) is 21.3 Å². The number of nitriles is 1. The molecular formula is C19H20ClN7O3S. The molecule has 162 valence electrons. The minimum Gasteiger partial charge on any atom is -0.360 e. The molecule has 0 aromatic carbocycles. The lowest BCUT2D eigenvalue weighted by Crippen LogP contribution is -2.31. The SMILES string of the molecule is Cc1nc(Cl)nc2c1nc(NCc1ccc(S(C)(=O)=O)cn1)c(=O)n2C(C#N)C(C)C. The van der Waals surface area contributed by atoms with Crippen LogP contribution in [-0.2, 0) is 16.4 Å². The first-order chi connectivity index (χ1) is 14.5. The average molecular weight is 462 g/mol. The number of halogens is 1. The van der Waals surface area contributed by atoms with Crippen LogP contribution >= 0.6 is 11.6 Å². The van der Waals surface area contributed by atoms with E-state index in [-0.39, 0.29) is 34.1 Å². The maximum atomic E-state index is 13.2. The summed E-state index contributed by atoms with van der Waals surface area (Å²) in [7, 11) is -3.36. The Hall–Kier alpha value is -3.10. The predicted molar refractivity (Wildman–Crippen MR) is 116 cm³/mol. The fourth-order valence-electron chi connectivity index (χ4n) is 2.97. The van der Waals surface area contributed by atoms with Gasteiger partial charge in [0.25, 0.3) is 5.56 Å². The average Bonchev–Trinajstić information content (AvgIpc) is 2.68. The van der Waals surface area contributed by atoms with Crippen molar-refractivity contribution >= 4 is 38.4 Å². The number of pyridine rings is 1. The van der Waals surface area contributed by atoms with Gasteiger partial charge in [-0.05, 0) is 36.6 Å². The molecule has 0 amide bonds. The van der Waals surface area contributed by atoms with Crippen molar-refractivity contribution in [3.8, 4) is 6.07 Å². The van der Waals surface area contributed by atoms with Crippen molar-refractivity contribution in [3.63, 3.8) is 0 Å². The van der Waals surface area contributed by atoms with Crippen LogP contribution in [0, 0.1) is 24.2 Å². The second-order valence-electron chi connectivity index (χ2n) is 7.31. The zero-order valence-corrected chi connectivity index (χ0v) is 18.9. The first-order valence-corrected chi connectivity index (χ1v) is 11.5. The van der Waals surface area contributed by atoms with E-state index in [4.69, 9.17) is 11.6 Å². The lowest BCUT2D eigenvalue weighted by atomic mass is 10.1. The second kappa shape index (κ2) is 8.56. The molecule has 3 heterocycles. The van der Waals surface area contributed by atoms with Crippen molar-refractivity contribution in [2.24, 2.45) is 5.92 Å². The fraction of sp³-hybridized carbons (Fsp3) is 0.368. The number of rotatable bonds is 6. The van der Waals surface area contributed by atoms with Gasteiger partial charge in [-0.3, -0.25) is 14.3 Å². The summed E-state index contributed by atoms with van der Waals surface area (Å²) in [6, 6.07) is 4.34. The summed E-state index contributed by atoms with van der Waals surface area (Å²) in [5, 5.41) is 12.6. The van der Waals surface area contributed by atoms with E-state index >= 15 is 0 Å². The van der Waals surface area contributed by atoms with Gasteiger partial charge >= 0.3 is 0 Å². The van der Waals surface area contributed by atoms with Gasteiger partial charge in [-0.15, -0.1) is 0 Å². The maximum Gasteiger partial charge on any atom is 0.296 e. The highest BCUT2D eigenvalue weighted by Crippen LogP contribution is 2.23. The highest BCUT2D eigenvalue weighted by atomic mass is 35.5. The number of anilines is 1. The molecule has 1 unspecified atom stereocenters. The van der Waals surface area contributed by atoms with Gasteiger partial charge in [0.1, 0.15) is 11.6 Å². The Bertz CT molecular complexity index is 1350. The van der Waals surface area contributed by atoms with Gasteiger partial charge in [0, 0.05) is 12.5 Å². The minimum atomic E-state index is -3.36. The molecular weight excluding hydrogens is 442 g/mol. The van der Waals surface area contributed by atoms with Crippen molar-refractivity contribution in [1.82, 2.24) is 24.5 Å². The quantitative estimate of drug-likeness (QED) is 0.546. The number of aryl methyl sites for hydroxylation is 1. The standard InChI is InChI=1S/C19H20ClN7O3S/c1-10(2)14(7-21)27-17-15(11(3)24-19(20)26-17)25-16(18(27)28)23-8-12-5-6-13(9-22-12)31(4,29)30/h5-6,9-10,14H,8H2,1-4H3,(H,23,25). The number of nitrogens with zero attached hydrogens (tertiary/aromatic N) is 6. The zero-order valence-electron chi connectivity index (χ0n) is 17.3. The smallest absolute Gasteiger partial charge is 0.296 e. The Kier molecular flexibility index (Phi) is 6.24. The molecule has 0 aliphatic rings. The third-order valence-corrected chi connectivity index (χ3v) is 5.86. The van der Waals surface area contributed by atoms with E-state index in [1.54, 1.807) is 13.0 Å². The van der Waals surface area contributed by atoms with Crippen LogP contribution in [0.4, 0.5) is 5.82 Å². The van der Waals surface area contributed by atoms with Gasteiger partial charge < -0.3 is 5.32 Å². The van der Waals surface area contributed by atoms with E-state index in [9.17, 15) is 18.5 Å². The molecule has 12 heteroatoms. The molecule has 1 N–H and O–H groups in total. The Morgan fingerprint density at radius 1 is 1.26 bits per heavy atom. The van der Waals surface area contributed by atoms with E-state index in [0.29, 0.717) is 16.9 Å². The number of hydrogen-bond donors (Lipinski definition) is 1. The Morgan fingerprint density at radius 3 is 2.52 bits per heavy atom. The minimum absolute atomic E-state index is 0.00332. The first kappa shape index (κ1) is 22.6. The molecule has 0 fully saturated rings. The zero-order chi connectivity index (χ0) is 22.9. The van der Waals surface area contributed by atoms with Gasteiger partial charge in [-0.2, -0.15) is 10.2 Å². The van der Waals surface area contributed by atoms with Crippen LogP contribution < -0.4 is 10.9 Å². The molecule has 3 aromatic heterocycles. The summed E-state index contributed by atoms with van der Waals surface area (Å²) < 4.78 is 24.4. The van der Waals surface area contributed by atoms with Crippen molar-refractivity contribution in [3.05, 3.63) is 45.4 Å². The molecule has 31 heavy (non-hydrogen) atoms. The molecule has 0 saturated carbocycles. The van der Waals surface area contributed by atoms with Crippen LogP contribution in [0.25, 0.3) is 11.2 Å². The first-order valence-electron chi connectivity index (χ1n) is 9.27. The third kappa shape index (κ3) is 4.65. The maximum absolute atomic E-state index is 13.2. The predicted octanol–water partition coefficient (Wildman–Crippen LogP) is 2.28. The third-order valence-electron chi connectivity index (χ3n) is 4.59. The summed E-state index contributed by atoms with van der Waals surface area (Å²) >= 11 is 5.99. The highest BCUT2D eigenvalue weighted by Gasteiger charge is 2.24. The van der Waals surface area contributed by atoms with E-state index in [2.05, 4.69) is 31.3 Å². The van der Waals surface area contributed by atoms with E-state index in [0.717, 1.165) is 6.26 Å². The van der Waals surface area contributed by atoms with Crippen LogP contribution in [0.3, 0.4) is 0 Å². The molecule has 0 aliphatic heterocycles. The van der Waals surface area contributed by atoms with Crippen LogP contribution in [0.2, 0.25) is 5.28 Å². The van der Waals surface area contributed by atoms with Crippen LogP contribution in [0.15, 0.2) is 28.0 Å².